The largest absolute Gasteiger partial charge is 0.481 e. The van der Waals surface area contributed by atoms with E-state index < -0.39 is 78.8 Å². The molecule has 2 aliphatic rings. The van der Waals surface area contributed by atoms with Gasteiger partial charge >= 0.3 is 11.9 Å². The van der Waals surface area contributed by atoms with Gasteiger partial charge in [0.15, 0.2) is 0 Å². The number of nitrogens with one attached hydrogen (secondary N) is 7. The number of carbonyl (C=O) groups is 7. The van der Waals surface area contributed by atoms with Crippen LogP contribution in [0.4, 0.5) is 0 Å². The van der Waals surface area contributed by atoms with Crippen LogP contribution in [0.15, 0.2) is 30.5 Å². The third-order valence-corrected chi connectivity index (χ3v) is 11.3. The van der Waals surface area contributed by atoms with E-state index in [0.29, 0.717) is 51.7 Å². The van der Waals surface area contributed by atoms with Crippen LogP contribution in [0.1, 0.15) is 89.0 Å². The lowest BCUT2D eigenvalue weighted by Crippen LogP contribution is -2.54. The Bertz CT molecular complexity index is 1770. The summed E-state index contributed by atoms with van der Waals surface area (Å²) in [7, 11) is 0. The summed E-state index contributed by atoms with van der Waals surface area (Å²) >= 11 is 0. The number of para-hydroxylation sites is 1. The van der Waals surface area contributed by atoms with E-state index in [1.54, 1.807) is 6.20 Å². The molecule has 1 aromatic heterocycles. The van der Waals surface area contributed by atoms with Crippen molar-refractivity contribution in [2.45, 2.75) is 126 Å². The lowest BCUT2D eigenvalue weighted by molar-refractivity contribution is -0.140. The third-order valence-electron chi connectivity index (χ3n) is 11.3. The predicted octanol–water partition coefficient (Wildman–Crippen LogP) is -0.498. The van der Waals surface area contributed by atoms with Crippen molar-refractivity contribution in [3.8, 4) is 0 Å². The van der Waals surface area contributed by atoms with Gasteiger partial charge in [0.25, 0.3) is 0 Å². The van der Waals surface area contributed by atoms with E-state index in [1.165, 1.54) is 0 Å². The molecule has 1 aliphatic carbocycles. The summed E-state index contributed by atoms with van der Waals surface area (Å²) in [5.41, 5.74) is 13.6. The molecule has 1 aromatic carbocycles. The van der Waals surface area contributed by atoms with Gasteiger partial charge in [0.05, 0.1) is 30.9 Å². The Morgan fingerprint density at radius 1 is 0.750 bits per heavy atom. The summed E-state index contributed by atoms with van der Waals surface area (Å²) in [6, 6.07) is 3.57. The highest BCUT2D eigenvalue weighted by atomic mass is 16.4. The number of rotatable bonds is 24. The van der Waals surface area contributed by atoms with Gasteiger partial charge in [-0.05, 0) is 69.7 Å². The Balaban J connectivity index is 1.40. The molecule has 0 bridgehead atoms. The predicted molar refractivity (Wildman–Crippen MR) is 221 cm³/mol. The normalized spacial score (nSPS) is 21.1. The second kappa shape index (κ2) is 24.2. The van der Waals surface area contributed by atoms with Gasteiger partial charge in [-0.25, -0.2) is 0 Å². The van der Waals surface area contributed by atoms with Gasteiger partial charge in [-0.3, -0.25) is 33.6 Å². The van der Waals surface area contributed by atoms with Crippen LogP contribution < -0.4 is 43.4 Å². The molecule has 0 spiro atoms. The molecule has 2 aromatic rings. The lowest BCUT2D eigenvalue weighted by Gasteiger charge is -2.33. The molecular formula is C41H63N9O10. The molecule has 0 unspecified atom stereocenters. The number of aliphatic hydroxyl groups is 1. The van der Waals surface area contributed by atoms with Gasteiger partial charge in [-0.2, -0.15) is 0 Å². The molecular weight excluding hydrogens is 779 g/mol. The highest BCUT2D eigenvalue weighted by Gasteiger charge is 2.35. The number of nitrogens with two attached hydrogens (primary N) is 2. The summed E-state index contributed by atoms with van der Waals surface area (Å²) in [4.78, 5) is 92.8. The molecule has 14 N–H and O–H groups in total. The van der Waals surface area contributed by atoms with Crippen LogP contribution in [0.25, 0.3) is 10.9 Å². The van der Waals surface area contributed by atoms with Crippen molar-refractivity contribution in [3.05, 3.63) is 36.0 Å². The van der Waals surface area contributed by atoms with E-state index >= 15 is 0 Å². The molecule has 332 valence electrons. The van der Waals surface area contributed by atoms with Crippen LogP contribution in [-0.4, -0.2) is 124 Å². The first-order valence-corrected chi connectivity index (χ1v) is 21.0. The van der Waals surface area contributed by atoms with Crippen molar-refractivity contribution in [1.82, 2.24) is 36.9 Å². The maximum atomic E-state index is 14.1. The van der Waals surface area contributed by atoms with Gasteiger partial charge in [-0.15, -0.1) is 0 Å². The van der Waals surface area contributed by atoms with E-state index in [2.05, 4.69) is 36.9 Å². The molecule has 60 heavy (non-hydrogen) atoms. The average Bonchev–Trinajstić information content (AvgIpc) is 3.61. The molecule has 2 fully saturated rings. The fourth-order valence-corrected chi connectivity index (χ4v) is 8.13. The first-order chi connectivity index (χ1) is 28.8. The molecule has 1 saturated carbocycles. The SMILES string of the molecule is NCCC[C@@H](CC(=O)N[C@@H]1CCCC[C@H]1C(=O)N[C@H](CC(=O)N[C@@H](CCC(=O)O)CC(=O)O)Cc1c[nH]c2ccccc12)NC(=O)C[C@H](CO)NC(=O)[C@@H]1CNCC[C@H]1N. The molecule has 19 heteroatoms. The van der Waals surface area contributed by atoms with Crippen molar-refractivity contribution in [1.29, 1.82) is 0 Å². The summed E-state index contributed by atoms with van der Waals surface area (Å²) in [6.07, 6.45) is 4.67. The minimum absolute atomic E-state index is 0.0808. The van der Waals surface area contributed by atoms with Crippen LogP contribution in [0.2, 0.25) is 0 Å². The Morgan fingerprint density at radius 2 is 1.40 bits per heavy atom. The molecule has 8 atom stereocenters. The number of carboxylic acids is 2. The smallest absolute Gasteiger partial charge is 0.305 e. The maximum Gasteiger partial charge on any atom is 0.305 e. The maximum absolute atomic E-state index is 14.1. The van der Waals surface area contributed by atoms with Gasteiger partial charge < -0.3 is 63.7 Å². The van der Waals surface area contributed by atoms with Crippen LogP contribution in [0.3, 0.4) is 0 Å². The number of H-pyrrole nitrogens is 1. The quantitative estimate of drug-likeness (QED) is 0.0636. The minimum atomic E-state index is -1.19. The lowest BCUT2D eigenvalue weighted by atomic mass is 9.83. The molecule has 4 rings (SSSR count). The van der Waals surface area contributed by atoms with Crippen molar-refractivity contribution in [3.63, 3.8) is 0 Å². The number of hydrogen-bond donors (Lipinski definition) is 12. The van der Waals surface area contributed by atoms with Crippen LogP contribution in [-0.2, 0) is 40.0 Å². The number of carboxylic acid groups (broad SMARTS) is 2. The average molecular weight is 842 g/mol. The first kappa shape index (κ1) is 47.6. The van der Waals surface area contributed by atoms with E-state index in [0.717, 1.165) is 29.3 Å². The number of aliphatic hydroxyl groups excluding tert-OH is 1. The summed E-state index contributed by atoms with van der Waals surface area (Å²) < 4.78 is 0. The summed E-state index contributed by atoms with van der Waals surface area (Å²) in [6.45, 7) is 0.951. The van der Waals surface area contributed by atoms with Crippen molar-refractivity contribution >= 4 is 52.4 Å². The monoisotopic (exact) mass is 841 g/mol. The number of aromatic nitrogens is 1. The highest BCUT2D eigenvalue weighted by molar-refractivity contribution is 5.86. The first-order valence-electron chi connectivity index (χ1n) is 21.0. The zero-order valence-corrected chi connectivity index (χ0v) is 34.1. The molecule has 5 amide bonds. The number of piperidine rings is 1. The van der Waals surface area contributed by atoms with Crippen molar-refractivity contribution < 1.29 is 48.9 Å². The fourth-order valence-electron chi connectivity index (χ4n) is 8.13. The van der Waals surface area contributed by atoms with E-state index in [-0.39, 0.29) is 62.3 Å². The zero-order valence-electron chi connectivity index (χ0n) is 34.1. The number of aliphatic carboxylic acids is 2. The number of fused-ring (bicyclic) bond motifs is 1. The molecule has 1 saturated heterocycles. The molecule has 1 aliphatic heterocycles. The molecule has 19 nitrogen and oxygen atoms in total. The topological polar surface area (TPSA) is 320 Å². The third kappa shape index (κ3) is 15.5. The van der Waals surface area contributed by atoms with Crippen LogP contribution in [0.5, 0.6) is 0 Å². The van der Waals surface area contributed by atoms with Gasteiger partial charge in [-0.1, -0.05) is 31.0 Å². The van der Waals surface area contributed by atoms with Crippen molar-refractivity contribution in [2.24, 2.45) is 23.3 Å². The number of amides is 5. The van der Waals surface area contributed by atoms with Gasteiger partial charge in [0, 0.05) is 79.5 Å². The van der Waals surface area contributed by atoms with E-state index in [1.807, 2.05) is 24.3 Å². The number of aromatic amines is 1. The Kier molecular flexibility index (Phi) is 19.2. The Morgan fingerprint density at radius 3 is 2.08 bits per heavy atom. The van der Waals surface area contributed by atoms with Crippen LogP contribution >= 0.6 is 0 Å². The molecule has 2 heterocycles. The Hall–Kier alpha value is -5.11. The highest BCUT2D eigenvalue weighted by Crippen LogP contribution is 2.26. The second-order valence-electron chi connectivity index (χ2n) is 16.1. The fraction of sp³-hybridized carbons (Fsp3) is 0.634. The minimum Gasteiger partial charge on any atom is -0.481 e. The number of benzene rings is 1. The van der Waals surface area contributed by atoms with Gasteiger partial charge in [0.2, 0.25) is 29.5 Å². The number of hydrogen-bond acceptors (Lipinski definition) is 11. The van der Waals surface area contributed by atoms with Gasteiger partial charge in [0.1, 0.15) is 0 Å². The summed E-state index contributed by atoms with van der Waals surface area (Å²) in [5, 5.41) is 46.8. The van der Waals surface area contributed by atoms with E-state index in [4.69, 9.17) is 16.6 Å². The van der Waals surface area contributed by atoms with Crippen LogP contribution in [0, 0.1) is 11.8 Å². The molecule has 0 radical (unpaired) electrons. The zero-order chi connectivity index (χ0) is 43.6. The van der Waals surface area contributed by atoms with E-state index in [9.17, 15) is 43.8 Å². The standard InChI is InChI=1S/C41H63N9O10/c42-14-5-6-25(46-36(53)19-28(23-51)49-41(60)31-22-44-15-13-32(31)43)17-37(54)50-34-10-4-2-8-30(34)40(59)48-27(16-24-21-45-33-9-3-1-7-29(24)33)18-35(52)47-26(20-39(57)58)11-12-38(55)56/h1,3,7,9,21,25-28,30-32,34,44-45,51H,2,4-6,8,10-20,22-23,42-43H2,(H,46,53)(H,47,52)(H,48,59)(H,49,60)(H,50,54)(H,55,56)(H,57,58)/t25-,26-,27-,28+,30+,31+,32+,34+/m0/s1. The second-order valence-corrected chi connectivity index (χ2v) is 16.1. The Labute approximate surface area is 349 Å². The van der Waals surface area contributed by atoms with Crippen molar-refractivity contribution in [2.75, 3.05) is 26.2 Å². The summed E-state index contributed by atoms with van der Waals surface area (Å²) in [5.74, 6) is -5.55. The number of carbonyl (C=O) groups excluding carboxylic acids is 5.